The average molecular weight is 339 g/mol. The van der Waals surface area contributed by atoms with Crippen molar-refractivity contribution >= 4 is 23.1 Å². The molecule has 0 saturated carbocycles. The van der Waals surface area contributed by atoms with Gasteiger partial charge in [-0.05, 0) is 30.3 Å². The Morgan fingerprint density at radius 3 is 3.00 bits per heavy atom. The number of rotatable bonds is 4. The van der Waals surface area contributed by atoms with Crippen LogP contribution in [0.5, 0.6) is 11.5 Å². The lowest BCUT2D eigenvalue weighted by molar-refractivity contribution is -0.115. The molecule has 3 heterocycles. The second-order valence-electron chi connectivity index (χ2n) is 5.15. The highest BCUT2D eigenvalue weighted by molar-refractivity contribution is 7.13. The minimum atomic E-state index is -0.142. The molecule has 24 heavy (non-hydrogen) atoms. The Kier molecular flexibility index (Phi) is 3.84. The van der Waals surface area contributed by atoms with Gasteiger partial charge < -0.3 is 14.8 Å². The molecule has 1 amide bonds. The van der Waals surface area contributed by atoms with E-state index in [1.54, 1.807) is 18.3 Å². The van der Waals surface area contributed by atoms with Gasteiger partial charge in [-0.25, -0.2) is 9.97 Å². The second kappa shape index (κ2) is 6.29. The van der Waals surface area contributed by atoms with Gasteiger partial charge in [0.15, 0.2) is 11.5 Å². The van der Waals surface area contributed by atoms with Crippen LogP contribution in [-0.2, 0) is 11.2 Å². The zero-order valence-corrected chi connectivity index (χ0v) is 13.4. The monoisotopic (exact) mass is 339 g/mol. The fourth-order valence-electron chi connectivity index (χ4n) is 2.34. The summed E-state index contributed by atoms with van der Waals surface area (Å²) in [6.45, 7) is 0.246. The molecule has 1 N–H and O–H groups in total. The summed E-state index contributed by atoms with van der Waals surface area (Å²) in [6, 6.07) is 11.1. The Labute approximate surface area is 142 Å². The molecular formula is C17H13N3O3S. The van der Waals surface area contributed by atoms with Crippen LogP contribution in [0.15, 0.2) is 48.0 Å². The van der Waals surface area contributed by atoms with Crippen molar-refractivity contribution in [3.63, 3.8) is 0 Å². The van der Waals surface area contributed by atoms with Gasteiger partial charge >= 0.3 is 0 Å². The van der Waals surface area contributed by atoms with Gasteiger partial charge in [0.05, 0.1) is 12.1 Å². The van der Waals surface area contributed by atoms with Crippen molar-refractivity contribution in [2.24, 2.45) is 0 Å². The van der Waals surface area contributed by atoms with Crippen LogP contribution < -0.4 is 14.8 Å². The summed E-state index contributed by atoms with van der Waals surface area (Å²) in [5.41, 5.74) is 1.67. The minimum absolute atomic E-state index is 0.142. The summed E-state index contributed by atoms with van der Waals surface area (Å²) in [5, 5.41) is 5.48. The molecule has 0 atom stereocenters. The van der Waals surface area contributed by atoms with Crippen molar-refractivity contribution in [2.75, 3.05) is 12.1 Å². The van der Waals surface area contributed by atoms with Crippen LogP contribution in [0.4, 0.5) is 5.82 Å². The van der Waals surface area contributed by atoms with Crippen LogP contribution in [0.1, 0.15) is 5.69 Å². The van der Waals surface area contributed by atoms with Gasteiger partial charge in [-0.3, -0.25) is 4.79 Å². The standard InChI is InChI=1S/C17H13N3O3S/c21-16(20-15-3-1-2-6-18-15)8-12-9-24-17(19-12)11-4-5-13-14(7-11)23-10-22-13/h1-7,9H,8,10H2,(H,18,20,21). The highest BCUT2D eigenvalue weighted by Gasteiger charge is 2.16. The normalized spacial score (nSPS) is 12.2. The highest BCUT2D eigenvalue weighted by atomic mass is 32.1. The molecule has 1 aliphatic heterocycles. The van der Waals surface area contributed by atoms with Crippen LogP contribution in [-0.4, -0.2) is 22.7 Å². The lowest BCUT2D eigenvalue weighted by Crippen LogP contribution is -2.15. The van der Waals surface area contributed by atoms with Gasteiger partial charge in [0.1, 0.15) is 10.8 Å². The maximum absolute atomic E-state index is 12.1. The predicted octanol–water partition coefficient (Wildman–Crippen LogP) is 3.12. The molecular weight excluding hydrogens is 326 g/mol. The number of hydrogen-bond acceptors (Lipinski definition) is 6. The lowest BCUT2D eigenvalue weighted by atomic mass is 10.2. The topological polar surface area (TPSA) is 73.3 Å². The van der Waals surface area contributed by atoms with E-state index < -0.39 is 0 Å². The van der Waals surface area contributed by atoms with E-state index in [1.165, 1.54) is 11.3 Å². The number of benzene rings is 1. The van der Waals surface area contributed by atoms with Crippen LogP contribution in [0.25, 0.3) is 10.6 Å². The summed E-state index contributed by atoms with van der Waals surface area (Å²) >= 11 is 1.49. The smallest absolute Gasteiger partial charge is 0.231 e. The van der Waals surface area contributed by atoms with Crippen molar-refractivity contribution in [2.45, 2.75) is 6.42 Å². The van der Waals surface area contributed by atoms with Crippen LogP contribution in [0.2, 0.25) is 0 Å². The fourth-order valence-corrected chi connectivity index (χ4v) is 3.16. The number of nitrogens with one attached hydrogen (secondary N) is 1. The number of ether oxygens (including phenoxy) is 2. The molecule has 0 saturated heterocycles. The Morgan fingerprint density at radius 2 is 2.12 bits per heavy atom. The number of fused-ring (bicyclic) bond motifs is 1. The Morgan fingerprint density at radius 1 is 1.21 bits per heavy atom. The Bertz CT molecular complexity index is 880. The molecule has 120 valence electrons. The summed E-state index contributed by atoms with van der Waals surface area (Å²) in [5.74, 6) is 1.85. The predicted molar refractivity (Wildman–Crippen MR) is 90.2 cm³/mol. The fraction of sp³-hybridized carbons (Fsp3) is 0.118. The van der Waals surface area contributed by atoms with E-state index in [-0.39, 0.29) is 19.1 Å². The zero-order chi connectivity index (χ0) is 16.4. The maximum atomic E-state index is 12.1. The number of anilines is 1. The number of thiazole rings is 1. The molecule has 6 nitrogen and oxygen atoms in total. The third-order valence-corrected chi connectivity index (χ3v) is 4.39. The molecule has 1 aromatic carbocycles. The van der Waals surface area contributed by atoms with E-state index in [1.807, 2.05) is 29.6 Å². The van der Waals surface area contributed by atoms with Crippen molar-refractivity contribution in [1.29, 1.82) is 0 Å². The third kappa shape index (κ3) is 3.07. The van der Waals surface area contributed by atoms with Gasteiger partial charge in [-0.1, -0.05) is 6.07 Å². The van der Waals surface area contributed by atoms with Crippen molar-refractivity contribution in [3.8, 4) is 22.1 Å². The third-order valence-electron chi connectivity index (χ3n) is 3.45. The molecule has 1 aliphatic rings. The van der Waals surface area contributed by atoms with Gasteiger partial charge in [-0.2, -0.15) is 0 Å². The Balaban J connectivity index is 1.46. The van der Waals surface area contributed by atoms with Crippen LogP contribution in [0, 0.1) is 0 Å². The van der Waals surface area contributed by atoms with E-state index in [4.69, 9.17) is 9.47 Å². The average Bonchev–Trinajstić information content (AvgIpc) is 3.24. The molecule has 0 unspecified atom stereocenters. The maximum Gasteiger partial charge on any atom is 0.231 e. The molecule has 0 fully saturated rings. The quantitative estimate of drug-likeness (QED) is 0.790. The molecule has 0 radical (unpaired) electrons. The molecule has 7 heteroatoms. The molecule has 0 aliphatic carbocycles. The number of nitrogens with zero attached hydrogens (tertiary/aromatic N) is 2. The number of pyridine rings is 1. The first-order valence-corrected chi connectivity index (χ1v) is 8.21. The number of aromatic nitrogens is 2. The van der Waals surface area contributed by atoms with E-state index >= 15 is 0 Å². The molecule has 2 aromatic heterocycles. The Hall–Kier alpha value is -2.93. The van der Waals surface area contributed by atoms with E-state index in [0.717, 1.165) is 27.8 Å². The number of carbonyl (C=O) groups is 1. The molecule has 0 bridgehead atoms. The van der Waals surface area contributed by atoms with Gasteiger partial charge in [0, 0.05) is 17.1 Å². The van der Waals surface area contributed by atoms with Crippen molar-refractivity contribution < 1.29 is 14.3 Å². The highest BCUT2D eigenvalue weighted by Crippen LogP contribution is 2.36. The molecule has 4 rings (SSSR count). The van der Waals surface area contributed by atoms with E-state index in [2.05, 4.69) is 15.3 Å². The first kappa shape index (κ1) is 14.6. The van der Waals surface area contributed by atoms with Crippen LogP contribution >= 0.6 is 11.3 Å². The lowest BCUT2D eigenvalue weighted by Gasteiger charge is -2.02. The summed E-state index contributed by atoms with van der Waals surface area (Å²) in [6.07, 6.45) is 1.84. The zero-order valence-electron chi connectivity index (χ0n) is 12.6. The summed E-state index contributed by atoms with van der Waals surface area (Å²) in [7, 11) is 0. The minimum Gasteiger partial charge on any atom is -0.454 e. The first-order valence-electron chi connectivity index (χ1n) is 7.33. The van der Waals surface area contributed by atoms with Gasteiger partial charge in [-0.15, -0.1) is 11.3 Å². The van der Waals surface area contributed by atoms with E-state index in [0.29, 0.717) is 5.82 Å². The second-order valence-corrected chi connectivity index (χ2v) is 6.01. The summed E-state index contributed by atoms with van der Waals surface area (Å²) < 4.78 is 10.7. The van der Waals surface area contributed by atoms with E-state index in [9.17, 15) is 4.79 Å². The SMILES string of the molecule is O=C(Cc1csc(-c2ccc3c(c2)OCO3)n1)Nc1ccccn1. The van der Waals surface area contributed by atoms with Crippen molar-refractivity contribution in [1.82, 2.24) is 9.97 Å². The van der Waals surface area contributed by atoms with Gasteiger partial charge in [0.25, 0.3) is 0 Å². The largest absolute Gasteiger partial charge is 0.454 e. The molecule has 3 aromatic rings. The first-order chi connectivity index (χ1) is 11.8. The molecule has 0 spiro atoms. The van der Waals surface area contributed by atoms with Crippen molar-refractivity contribution in [3.05, 3.63) is 53.7 Å². The number of carbonyl (C=O) groups excluding carboxylic acids is 1. The summed E-state index contributed by atoms with van der Waals surface area (Å²) in [4.78, 5) is 20.7. The number of amides is 1. The number of hydrogen-bond donors (Lipinski definition) is 1. The van der Waals surface area contributed by atoms with Crippen LogP contribution in [0.3, 0.4) is 0 Å². The van der Waals surface area contributed by atoms with Gasteiger partial charge in [0.2, 0.25) is 12.7 Å².